The fraction of sp³-hybridized carbons (Fsp3) is 0.579. The summed E-state index contributed by atoms with van der Waals surface area (Å²) in [6, 6.07) is 4.77. The number of fused-ring (bicyclic) bond motifs is 1. The maximum atomic E-state index is 12.8. The summed E-state index contributed by atoms with van der Waals surface area (Å²) in [5.41, 5.74) is 1.52. The first kappa shape index (κ1) is 18.9. The fourth-order valence-electron chi connectivity index (χ4n) is 3.48. The van der Waals surface area contributed by atoms with Gasteiger partial charge in [-0.25, -0.2) is 4.79 Å². The lowest BCUT2D eigenvalue weighted by Gasteiger charge is -2.33. The van der Waals surface area contributed by atoms with Crippen molar-refractivity contribution in [3.63, 3.8) is 0 Å². The Morgan fingerprint density at radius 3 is 2.42 bits per heavy atom. The summed E-state index contributed by atoms with van der Waals surface area (Å²) in [5.74, 6) is -1.18. The summed E-state index contributed by atoms with van der Waals surface area (Å²) in [4.78, 5) is 25.6. The number of nitrogens with zero attached hydrogens (tertiary/aromatic N) is 1. The zero-order valence-electron chi connectivity index (χ0n) is 16.0. The summed E-state index contributed by atoms with van der Waals surface area (Å²) in [6.07, 6.45) is 1.01. The zero-order valence-corrected chi connectivity index (χ0v) is 16.0. The van der Waals surface area contributed by atoms with Gasteiger partial charge < -0.3 is 19.3 Å². The lowest BCUT2D eigenvalue weighted by Crippen LogP contribution is -2.48. The minimum atomic E-state index is -0.960. The normalized spacial score (nSPS) is 22.3. The third-order valence-electron chi connectivity index (χ3n) is 5.82. The van der Waals surface area contributed by atoms with Gasteiger partial charge in [0.2, 0.25) is 0 Å². The van der Waals surface area contributed by atoms with Crippen LogP contribution in [0.15, 0.2) is 18.2 Å². The minimum Gasteiger partial charge on any atom is -0.480 e. The van der Waals surface area contributed by atoms with Gasteiger partial charge in [0.05, 0.1) is 11.2 Å². The number of rotatable bonds is 4. The molecule has 2 heterocycles. The van der Waals surface area contributed by atoms with Crippen LogP contribution in [0.3, 0.4) is 0 Å². The van der Waals surface area contributed by atoms with Crippen LogP contribution in [0, 0.1) is 0 Å². The van der Waals surface area contributed by atoms with Crippen molar-refractivity contribution in [3.05, 3.63) is 29.3 Å². The van der Waals surface area contributed by atoms with Crippen LogP contribution >= 0.6 is 0 Å². The number of carboxylic acid groups (broad SMARTS) is 1. The number of carbonyl (C=O) groups excluding carboxylic acids is 1. The van der Waals surface area contributed by atoms with E-state index in [-0.39, 0.29) is 5.91 Å². The van der Waals surface area contributed by atoms with Crippen molar-refractivity contribution in [1.82, 2.24) is 4.90 Å². The van der Waals surface area contributed by atoms with E-state index >= 15 is 0 Å². The standard InChI is InChI=1S/C19H26BNO5/c1-6-15(17(23)24)21-10-9-12-11-13(7-8-14(12)16(21)22)20-25-18(2,3)19(4,5)26-20/h7-8,11,15H,6,9-10H2,1-5H3,(H,23,24). The predicted molar refractivity (Wildman–Crippen MR) is 98.6 cm³/mol. The Kier molecular flexibility index (Phi) is 4.65. The maximum Gasteiger partial charge on any atom is 0.494 e. The van der Waals surface area contributed by atoms with Crippen molar-refractivity contribution in [1.29, 1.82) is 0 Å². The van der Waals surface area contributed by atoms with Gasteiger partial charge in [-0.15, -0.1) is 0 Å². The van der Waals surface area contributed by atoms with Gasteiger partial charge in [0.15, 0.2) is 0 Å². The molecule has 1 fully saturated rings. The van der Waals surface area contributed by atoms with E-state index in [0.717, 1.165) is 11.0 Å². The first-order valence-electron chi connectivity index (χ1n) is 9.09. The first-order chi connectivity index (χ1) is 12.1. The van der Waals surface area contributed by atoms with Gasteiger partial charge >= 0.3 is 13.1 Å². The first-order valence-corrected chi connectivity index (χ1v) is 9.09. The molecule has 140 valence electrons. The SMILES string of the molecule is CCC(C(=O)O)N1CCc2cc(B3OC(C)(C)C(C)(C)O3)ccc2C1=O. The van der Waals surface area contributed by atoms with E-state index < -0.39 is 30.3 Å². The largest absolute Gasteiger partial charge is 0.494 e. The Labute approximate surface area is 154 Å². The van der Waals surface area contributed by atoms with E-state index in [4.69, 9.17) is 9.31 Å². The summed E-state index contributed by atoms with van der Waals surface area (Å²) in [5, 5.41) is 9.35. The second kappa shape index (κ2) is 6.39. The van der Waals surface area contributed by atoms with Crippen LogP contribution in [0.1, 0.15) is 57.0 Å². The number of amides is 1. The van der Waals surface area contributed by atoms with Crippen molar-refractivity contribution in [2.24, 2.45) is 0 Å². The quantitative estimate of drug-likeness (QED) is 0.831. The third-order valence-corrected chi connectivity index (χ3v) is 5.82. The number of benzene rings is 1. The average molecular weight is 359 g/mol. The molecular formula is C19H26BNO5. The Bertz CT molecular complexity index is 729. The van der Waals surface area contributed by atoms with E-state index in [0.29, 0.717) is 24.9 Å². The molecular weight excluding hydrogens is 333 g/mol. The number of aliphatic carboxylic acids is 1. The van der Waals surface area contributed by atoms with E-state index in [9.17, 15) is 14.7 Å². The number of hydrogen-bond donors (Lipinski definition) is 1. The highest BCUT2D eigenvalue weighted by Crippen LogP contribution is 2.36. The number of hydrogen-bond acceptors (Lipinski definition) is 4. The van der Waals surface area contributed by atoms with Crippen molar-refractivity contribution < 1.29 is 24.0 Å². The molecule has 1 aromatic carbocycles. The minimum absolute atomic E-state index is 0.221. The Hall–Kier alpha value is -1.86. The van der Waals surface area contributed by atoms with Gasteiger partial charge in [-0.3, -0.25) is 4.79 Å². The molecule has 0 spiro atoms. The predicted octanol–water partition coefficient (Wildman–Crippen LogP) is 1.85. The van der Waals surface area contributed by atoms with Crippen molar-refractivity contribution >= 4 is 24.5 Å². The molecule has 2 aliphatic heterocycles. The molecule has 0 bridgehead atoms. The van der Waals surface area contributed by atoms with Gasteiger partial charge in [-0.1, -0.05) is 19.1 Å². The van der Waals surface area contributed by atoms with Crippen molar-refractivity contribution in [2.45, 2.75) is 64.7 Å². The molecule has 0 saturated carbocycles. The van der Waals surface area contributed by atoms with Crippen LogP contribution in [0.4, 0.5) is 0 Å². The number of carbonyl (C=O) groups is 2. The molecule has 0 aromatic heterocycles. The second-order valence-corrected chi connectivity index (χ2v) is 8.02. The Balaban J connectivity index is 1.86. The zero-order chi connectivity index (χ0) is 19.3. The van der Waals surface area contributed by atoms with Crippen LogP contribution in [-0.4, -0.2) is 52.8 Å². The van der Waals surface area contributed by atoms with Crippen LogP contribution in [0.25, 0.3) is 0 Å². The lowest BCUT2D eigenvalue weighted by molar-refractivity contribution is -0.142. The molecule has 6 nitrogen and oxygen atoms in total. The van der Waals surface area contributed by atoms with Crippen LogP contribution in [-0.2, 0) is 20.5 Å². The molecule has 1 atom stereocenters. The van der Waals surface area contributed by atoms with Gasteiger partial charge in [0, 0.05) is 12.1 Å². The van der Waals surface area contributed by atoms with E-state index in [1.165, 1.54) is 4.90 Å². The van der Waals surface area contributed by atoms with Gasteiger partial charge in [0.25, 0.3) is 5.91 Å². The molecule has 26 heavy (non-hydrogen) atoms. The van der Waals surface area contributed by atoms with Crippen molar-refractivity contribution in [3.8, 4) is 0 Å². The smallest absolute Gasteiger partial charge is 0.480 e. The van der Waals surface area contributed by atoms with Gasteiger partial charge in [-0.2, -0.15) is 0 Å². The highest BCUT2D eigenvalue weighted by Gasteiger charge is 2.51. The van der Waals surface area contributed by atoms with Gasteiger partial charge in [0.1, 0.15) is 6.04 Å². The molecule has 7 heteroatoms. The Morgan fingerprint density at radius 2 is 1.88 bits per heavy atom. The van der Waals surface area contributed by atoms with E-state index in [1.54, 1.807) is 13.0 Å². The number of carboxylic acids is 1. The fourth-order valence-corrected chi connectivity index (χ4v) is 3.48. The van der Waals surface area contributed by atoms with Crippen LogP contribution in [0.2, 0.25) is 0 Å². The summed E-state index contributed by atoms with van der Waals surface area (Å²) < 4.78 is 12.2. The second-order valence-electron chi connectivity index (χ2n) is 8.02. The molecule has 1 aromatic rings. The lowest BCUT2D eigenvalue weighted by atomic mass is 9.77. The Morgan fingerprint density at radius 1 is 1.27 bits per heavy atom. The summed E-state index contributed by atoms with van der Waals surface area (Å²) in [6.45, 7) is 10.2. The van der Waals surface area contributed by atoms with E-state index in [2.05, 4.69) is 0 Å². The molecule has 0 aliphatic carbocycles. The maximum absolute atomic E-state index is 12.8. The summed E-state index contributed by atoms with van der Waals surface area (Å²) >= 11 is 0. The molecule has 1 saturated heterocycles. The third kappa shape index (κ3) is 3.03. The van der Waals surface area contributed by atoms with Crippen LogP contribution in [0.5, 0.6) is 0 Å². The monoisotopic (exact) mass is 359 g/mol. The van der Waals surface area contributed by atoms with Gasteiger partial charge in [-0.05, 0) is 57.6 Å². The summed E-state index contributed by atoms with van der Waals surface area (Å²) in [7, 11) is -0.471. The molecule has 3 rings (SSSR count). The molecule has 1 N–H and O–H groups in total. The highest BCUT2D eigenvalue weighted by atomic mass is 16.7. The average Bonchev–Trinajstić information content (AvgIpc) is 2.77. The van der Waals surface area contributed by atoms with E-state index in [1.807, 2.05) is 39.8 Å². The molecule has 1 amide bonds. The molecule has 0 radical (unpaired) electrons. The highest BCUT2D eigenvalue weighted by molar-refractivity contribution is 6.62. The van der Waals surface area contributed by atoms with Crippen molar-refractivity contribution in [2.75, 3.05) is 6.54 Å². The molecule has 2 aliphatic rings. The van der Waals surface area contributed by atoms with Crippen LogP contribution < -0.4 is 5.46 Å². The molecule has 1 unspecified atom stereocenters. The topological polar surface area (TPSA) is 76.1 Å².